The van der Waals surface area contributed by atoms with Crippen molar-refractivity contribution in [2.45, 2.75) is 19.4 Å². The molecular weight excluding hydrogens is 358 g/mol. The minimum atomic E-state index is -0.115. The van der Waals surface area contributed by atoms with Crippen LogP contribution in [0.3, 0.4) is 0 Å². The number of nitrogens with one attached hydrogen (secondary N) is 1. The molecule has 0 spiro atoms. The molecular formula is C20H27N5O3. The first-order valence-electron chi connectivity index (χ1n) is 9.34. The normalized spacial score (nSPS) is 17.5. The molecule has 2 heterocycles. The van der Waals surface area contributed by atoms with Gasteiger partial charge in [-0.2, -0.15) is 0 Å². The summed E-state index contributed by atoms with van der Waals surface area (Å²) in [7, 11) is 1.62. The number of benzene rings is 1. The van der Waals surface area contributed by atoms with E-state index in [1.807, 2.05) is 6.92 Å². The molecule has 4 N–H and O–H groups in total. The zero-order chi connectivity index (χ0) is 20.1. The minimum absolute atomic E-state index is 0.115. The summed E-state index contributed by atoms with van der Waals surface area (Å²) in [6.45, 7) is 4.14. The van der Waals surface area contributed by atoms with E-state index in [2.05, 4.69) is 14.9 Å². The third-order valence-electron chi connectivity index (χ3n) is 4.81. The molecule has 8 nitrogen and oxygen atoms in total. The summed E-state index contributed by atoms with van der Waals surface area (Å²) in [4.78, 5) is 10.7. The van der Waals surface area contributed by atoms with Crippen LogP contribution in [0.1, 0.15) is 24.6 Å². The van der Waals surface area contributed by atoms with Crippen molar-refractivity contribution in [2.24, 2.45) is 5.92 Å². The van der Waals surface area contributed by atoms with Gasteiger partial charge in [0.25, 0.3) is 0 Å². The van der Waals surface area contributed by atoms with Crippen molar-refractivity contribution in [2.75, 3.05) is 44.0 Å². The van der Waals surface area contributed by atoms with Gasteiger partial charge in [0, 0.05) is 50.0 Å². The Balaban J connectivity index is 1.81. The molecule has 1 saturated heterocycles. The number of hydrogen-bond acceptors (Lipinski definition) is 8. The van der Waals surface area contributed by atoms with Gasteiger partial charge in [0.1, 0.15) is 24.0 Å². The van der Waals surface area contributed by atoms with Gasteiger partial charge in [-0.3, -0.25) is 5.41 Å². The van der Waals surface area contributed by atoms with Crippen molar-refractivity contribution in [3.05, 3.63) is 41.9 Å². The number of aliphatic hydroxyl groups is 1. The standard InChI is InChI=1S/C20H27N5O3/c1-13(11-27-2)28-15-3-4-17(21)16(7-15)20(22)18-8-19(24-12-23-18)25-6-5-14(9-25)10-26/h3-4,7-8,12-14,22,26H,5-6,9-11,21H2,1-2H3/t13-,14+/m0/s1. The van der Waals surface area contributed by atoms with Crippen LogP contribution < -0.4 is 15.4 Å². The molecule has 1 aliphatic heterocycles. The highest BCUT2D eigenvalue weighted by Crippen LogP contribution is 2.25. The first-order chi connectivity index (χ1) is 13.5. The van der Waals surface area contributed by atoms with E-state index in [0.29, 0.717) is 29.3 Å². The third-order valence-corrected chi connectivity index (χ3v) is 4.81. The van der Waals surface area contributed by atoms with E-state index in [0.717, 1.165) is 25.3 Å². The number of aromatic nitrogens is 2. The van der Waals surface area contributed by atoms with Crippen molar-refractivity contribution in [3.63, 3.8) is 0 Å². The number of anilines is 2. The van der Waals surface area contributed by atoms with Crippen LogP contribution in [0.15, 0.2) is 30.6 Å². The number of hydrogen-bond donors (Lipinski definition) is 3. The SMILES string of the molecule is COC[C@H](C)Oc1ccc(N)c(C(=N)c2cc(N3CC[C@@H](CO)C3)ncn2)c1. The Morgan fingerprint density at radius 3 is 2.93 bits per heavy atom. The number of nitrogens with zero attached hydrogens (tertiary/aromatic N) is 3. The Labute approximate surface area is 164 Å². The predicted octanol–water partition coefficient (Wildman–Crippen LogP) is 1.71. The summed E-state index contributed by atoms with van der Waals surface area (Å²) in [6.07, 6.45) is 2.28. The van der Waals surface area contributed by atoms with Gasteiger partial charge in [-0.25, -0.2) is 9.97 Å². The van der Waals surface area contributed by atoms with Crippen molar-refractivity contribution >= 4 is 17.2 Å². The Bertz CT molecular complexity index is 829. The third kappa shape index (κ3) is 4.58. The number of aliphatic hydroxyl groups excluding tert-OH is 1. The molecule has 1 fully saturated rings. The second-order valence-electron chi connectivity index (χ2n) is 7.05. The fourth-order valence-corrected chi connectivity index (χ4v) is 3.31. The van der Waals surface area contributed by atoms with E-state index in [-0.39, 0.29) is 24.3 Å². The highest BCUT2D eigenvalue weighted by Gasteiger charge is 2.23. The zero-order valence-corrected chi connectivity index (χ0v) is 16.3. The maximum Gasteiger partial charge on any atom is 0.132 e. The summed E-state index contributed by atoms with van der Waals surface area (Å²) in [5.41, 5.74) is 7.86. The lowest BCUT2D eigenvalue weighted by Crippen LogP contribution is -2.22. The molecule has 0 amide bonds. The molecule has 1 aliphatic rings. The average molecular weight is 385 g/mol. The fraction of sp³-hybridized carbons (Fsp3) is 0.450. The lowest BCUT2D eigenvalue weighted by molar-refractivity contribution is 0.0921. The minimum Gasteiger partial charge on any atom is -0.488 e. The largest absolute Gasteiger partial charge is 0.488 e. The molecule has 0 bridgehead atoms. The van der Waals surface area contributed by atoms with E-state index in [4.69, 9.17) is 20.6 Å². The van der Waals surface area contributed by atoms with Crippen molar-refractivity contribution < 1.29 is 14.6 Å². The average Bonchev–Trinajstić information content (AvgIpc) is 3.18. The monoisotopic (exact) mass is 385 g/mol. The van der Waals surface area contributed by atoms with Gasteiger partial charge in [-0.05, 0) is 31.5 Å². The molecule has 1 aromatic heterocycles. The number of nitrogen functional groups attached to an aromatic ring is 1. The molecule has 0 unspecified atom stereocenters. The molecule has 0 radical (unpaired) electrons. The van der Waals surface area contributed by atoms with E-state index >= 15 is 0 Å². The van der Waals surface area contributed by atoms with Crippen molar-refractivity contribution in [3.8, 4) is 5.75 Å². The molecule has 2 atom stereocenters. The van der Waals surface area contributed by atoms with Crippen LogP contribution in [0, 0.1) is 11.3 Å². The fourth-order valence-electron chi connectivity index (χ4n) is 3.31. The summed E-state index contributed by atoms with van der Waals surface area (Å²) in [5.74, 6) is 1.64. The molecule has 0 saturated carbocycles. The highest BCUT2D eigenvalue weighted by molar-refractivity contribution is 6.13. The van der Waals surface area contributed by atoms with Crippen LogP contribution in [0.4, 0.5) is 11.5 Å². The van der Waals surface area contributed by atoms with Gasteiger partial charge < -0.3 is 25.2 Å². The smallest absolute Gasteiger partial charge is 0.132 e. The van der Waals surface area contributed by atoms with Gasteiger partial charge >= 0.3 is 0 Å². The van der Waals surface area contributed by atoms with Crippen LogP contribution >= 0.6 is 0 Å². The lowest BCUT2D eigenvalue weighted by Gasteiger charge is -2.18. The van der Waals surface area contributed by atoms with Gasteiger partial charge in [0.15, 0.2) is 0 Å². The molecule has 8 heteroatoms. The quantitative estimate of drug-likeness (QED) is 0.468. The Morgan fingerprint density at radius 1 is 1.39 bits per heavy atom. The van der Waals surface area contributed by atoms with E-state index < -0.39 is 0 Å². The van der Waals surface area contributed by atoms with Crippen LogP contribution in [0.2, 0.25) is 0 Å². The van der Waals surface area contributed by atoms with Gasteiger partial charge in [0.2, 0.25) is 0 Å². The number of methoxy groups -OCH3 is 1. The predicted molar refractivity (Wildman–Crippen MR) is 108 cm³/mol. The van der Waals surface area contributed by atoms with Crippen molar-refractivity contribution in [1.82, 2.24) is 9.97 Å². The summed E-state index contributed by atoms with van der Waals surface area (Å²) < 4.78 is 10.9. The number of ether oxygens (including phenoxy) is 2. The second-order valence-corrected chi connectivity index (χ2v) is 7.05. The van der Waals surface area contributed by atoms with E-state index in [1.165, 1.54) is 6.33 Å². The summed E-state index contributed by atoms with van der Waals surface area (Å²) in [5, 5.41) is 18.0. The van der Waals surface area contributed by atoms with Crippen LogP contribution in [0.5, 0.6) is 5.75 Å². The maximum atomic E-state index is 9.35. The molecule has 2 aromatic rings. The molecule has 1 aromatic carbocycles. The Hall–Kier alpha value is -2.71. The number of nitrogens with two attached hydrogens (primary N) is 1. The first kappa shape index (κ1) is 20.0. The summed E-state index contributed by atoms with van der Waals surface area (Å²) in [6, 6.07) is 7.06. The maximum absolute atomic E-state index is 9.35. The number of rotatable bonds is 8. The molecule has 3 rings (SSSR count). The zero-order valence-electron chi connectivity index (χ0n) is 16.3. The molecule has 150 valence electrons. The Morgan fingerprint density at radius 2 is 2.21 bits per heavy atom. The highest BCUT2D eigenvalue weighted by atomic mass is 16.5. The summed E-state index contributed by atoms with van der Waals surface area (Å²) >= 11 is 0. The topological polar surface area (TPSA) is 118 Å². The van der Waals surface area contributed by atoms with Gasteiger partial charge in [-0.15, -0.1) is 0 Å². The first-order valence-corrected chi connectivity index (χ1v) is 9.34. The van der Waals surface area contributed by atoms with Crippen LogP contribution in [-0.2, 0) is 4.74 Å². The van der Waals surface area contributed by atoms with E-state index in [1.54, 1.807) is 31.4 Å². The second kappa shape index (κ2) is 8.99. The van der Waals surface area contributed by atoms with Gasteiger partial charge in [-0.1, -0.05) is 0 Å². The Kier molecular flexibility index (Phi) is 6.43. The lowest BCUT2D eigenvalue weighted by atomic mass is 10.0. The van der Waals surface area contributed by atoms with Crippen LogP contribution in [-0.4, -0.2) is 60.3 Å². The molecule has 0 aliphatic carbocycles. The van der Waals surface area contributed by atoms with Crippen LogP contribution in [0.25, 0.3) is 0 Å². The molecule has 28 heavy (non-hydrogen) atoms. The van der Waals surface area contributed by atoms with Gasteiger partial charge in [0.05, 0.1) is 18.0 Å². The van der Waals surface area contributed by atoms with E-state index in [9.17, 15) is 5.11 Å². The van der Waals surface area contributed by atoms with Crippen molar-refractivity contribution in [1.29, 1.82) is 5.41 Å².